The summed E-state index contributed by atoms with van der Waals surface area (Å²) in [4.78, 5) is 11.9. The molecule has 0 fully saturated rings. The molecule has 0 aliphatic carbocycles. The van der Waals surface area contributed by atoms with Gasteiger partial charge in [-0.1, -0.05) is 44.3 Å². The lowest BCUT2D eigenvalue weighted by molar-refractivity contribution is 0.0952. The Morgan fingerprint density at radius 1 is 1.29 bits per heavy atom. The van der Waals surface area contributed by atoms with Gasteiger partial charge in [-0.25, -0.2) is 0 Å². The molecule has 0 aliphatic heterocycles. The van der Waals surface area contributed by atoms with Crippen molar-refractivity contribution in [1.29, 1.82) is 0 Å². The van der Waals surface area contributed by atoms with E-state index in [2.05, 4.69) is 37.2 Å². The number of nitrogens with one attached hydrogen (secondary N) is 1. The SMILES string of the molecule is Cc1c(Br)cccc1C(=O)NCCCCCBr. The van der Waals surface area contributed by atoms with Gasteiger partial charge in [-0.15, -0.1) is 0 Å². The van der Waals surface area contributed by atoms with Gasteiger partial charge in [-0.3, -0.25) is 4.79 Å². The lowest BCUT2D eigenvalue weighted by Gasteiger charge is -2.08. The molecule has 0 heterocycles. The number of carbonyl (C=O) groups is 1. The molecule has 4 heteroatoms. The predicted octanol–water partition coefficient (Wildman–Crippen LogP) is 4.05. The molecule has 0 atom stereocenters. The van der Waals surface area contributed by atoms with Crippen molar-refractivity contribution in [2.75, 3.05) is 11.9 Å². The average molecular weight is 363 g/mol. The smallest absolute Gasteiger partial charge is 0.251 e. The van der Waals surface area contributed by atoms with Gasteiger partial charge in [0.1, 0.15) is 0 Å². The van der Waals surface area contributed by atoms with Crippen LogP contribution in [0.25, 0.3) is 0 Å². The van der Waals surface area contributed by atoms with Crippen LogP contribution >= 0.6 is 31.9 Å². The highest BCUT2D eigenvalue weighted by Gasteiger charge is 2.09. The maximum Gasteiger partial charge on any atom is 0.251 e. The summed E-state index contributed by atoms with van der Waals surface area (Å²) in [7, 11) is 0. The van der Waals surface area contributed by atoms with Gasteiger partial charge in [0.05, 0.1) is 0 Å². The van der Waals surface area contributed by atoms with E-state index in [0.717, 1.165) is 46.7 Å². The molecule has 1 rings (SSSR count). The quantitative estimate of drug-likeness (QED) is 0.600. The summed E-state index contributed by atoms with van der Waals surface area (Å²) in [5, 5.41) is 3.98. The minimum absolute atomic E-state index is 0.0163. The van der Waals surface area contributed by atoms with Crippen LogP contribution in [0.4, 0.5) is 0 Å². The van der Waals surface area contributed by atoms with Gasteiger partial charge in [-0.2, -0.15) is 0 Å². The van der Waals surface area contributed by atoms with E-state index in [1.165, 1.54) is 0 Å². The first-order valence-electron chi connectivity index (χ1n) is 5.76. The zero-order valence-corrected chi connectivity index (χ0v) is 13.1. The second-order valence-electron chi connectivity index (χ2n) is 3.92. The summed E-state index contributed by atoms with van der Waals surface area (Å²) in [5.41, 5.74) is 1.74. The highest BCUT2D eigenvalue weighted by Crippen LogP contribution is 2.19. The maximum atomic E-state index is 11.9. The Bertz CT molecular complexity index is 380. The molecule has 17 heavy (non-hydrogen) atoms. The lowest BCUT2D eigenvalue weighted by atomic mass is 10.1. The van der Waals surface area contributed by atoms with Crippen molar-refractivity contribution < 1.29 is 4.79 Å². The molecule has 2 nitrogen and oxygen atoms in total. The normalized spacial score (nSPS) is 10.3. The predicted molar refractivity (Wildman–Crippen MR) is 78.9 cm³/mol. The number of hydrogen-bond acceptors (Lipinski definition) is 1. The number of alkyl halides is 1. The standard InChI is InChI=1S/C13H17Br2NO/c1-10-11(6-5-7-12(10)15)13(17)16-9-4-2-3-8-14/h5-7H,2-4,8-9H2,1H3,(H,16,17). The molecule has 1 aromatic rings. The molecule has 0 aromatic heterocycles. The molecule has 0 saturated carbocycles. The third kappa shape index (κ3) is 4.80. The van der Waals surface area contributed by atoms with E-state index in [4.69, 9.17) is 0 Å². The van der Waals surface area contributed by atoms with Crippen molar-refractivity contribution in [3.63, 3.8) is 0 Å². The van der Waals surface area contributed by atoms with Crippen molar-refractivity contribution in [1.82, 2.24) is 5.32 Å². The van der Waals surface area contributed by atoms with E-state index in [1.54, 1.807) is 0 Å². The molecule has 94 valence electrons. The molecule has 0 spiro atoms. The number of amides is 1. The highest BCUT2D eigenvalue weighted by atomic mass is 79.9. The molecule has 0 bridgehead atoms. The largest absolute Gasteiger partial charge is 0.352 e. The molecule has 0 unspecified atom stereocenters. The molecule has 0 aliphatic rings. The second-order valence-corrected chi connectivity index (χ2v) is 5.57. The van der Waals surface area contributed by atoms with Gasteiger partial charge in [0.2, 0.25) is 0 Å². The third-order valence-corrected chi connectivity index (χ3v) is 4.03. The molecule has 0 radical (unpaired) electrons. The minimum Gasteiger partial charge on any atom is -0.352 e. The van der Waals surface area contributed by atoms with Crippen molar-refractivity contribution in [3.05, 3.63) is 33.8 Å². The van der Waals surface area contributed by atoms with Crippen LogP contribution in [0.5, 0.6) is 0 Å². The first-order chi connectivity index (χ1) is 8.16. The van der Waals surface area contributed by atoms with Crippen LogP contribution < -0.4 is 5.32 Å². The van der Waals surface area contributed by atoms with Gasteiger partial charge in [0.15, 0.2) is 0 Å². The van der Waals surface area contributed by atoms with E-state index >= 15 is 0 Å². The van der Waals surface area contributed by atoms with E-state index < -0.39 is 0 Å². The Labute approximate surface area is 119 Å². The van der Waals surface area contributed by atoms with Gasteiger partial charge >= 0.3 is 0 Å². The van der Waals surface area contributed by atoms with Crippen LogP contribution in [0.1, 0.15) is 35.2 Å². The maximum absolute atomic E-state index is 11.9. The third-order valence-electron chi connectivity index (χ3n) is 2.61. The fourth-order valence-corrected chi connectivity index (χ4v) is 2.31. The van der Waals surface area contributed by atoms with Crippen LogP contribution in [0.2, 0.25) is 0 Å². The van der Waals surface area contributed by atoms with Gasteiger partial charge in [0.25, 0.3) is 5.91 Å². The number of carbonyl (C=O) groups excluding carboxylic acids is 1. The van der Waals surface area contributed by atoms with Crippen molar-refractivity contribution in [2.24, 2.45) is 0 Å². The van der Waals surface area contributed by atoms with E-state index in [9.17, 15) is 4.79 Å². The average Bonchev–Trinajstić information content (AvgIpc) is 2.32. The van der Waals surface area contributed by atoms with E-state index in [-0.39, 0.29) is 5.91 Å². The summed E-state index contributed by atoms with van der Waals surface area (Å²) >= 11 is 6.82. The summed E-state index contributed by atoms with van der Waals surface area (Å²) < 4.78 is 0.976. The summed E-state index contributed by atoms with van der Waals surface area (Å²) in [6, 6.07) is 5.69. The Kier molecular flexibility index (Phi) is 6.82. The number of hydrogen-bond donors (Lipinski definition) is 1. The molecule has 0 saturated heterocycles. The monoisotopic (exact) mass is 361 g/mol. The zero-order valence-electron chi connectivity index (χ0n) is 9.93. The van der Waals surface area contributed by atoms with Crippen molar-refractivity contribution >= 4 is 37.8 Å². The van der Waals surface area contributed by atoms with Crippen LogP contribution in [-0.4, -0.2) is 17.8 Å². The lowest BCUT2D eigenvalue weighted by Crippen LogP contribution is -2.25. The number of rotatable bonds is 6. The Hall–Kier alpha value is -0.350. The van der Waals surface area contributed by atoms with E-state index in [1.807, 2.05) is 25.1 Å². The Morgan fingerprint density at radius 3 is 2.76 bits per heavy atom. The van der Waals surface area contributed by atoms with Crippen LogP contribution in [0, 0.1) is 6.92 Å². The molecular weight excluding hydrogens is 346 g/mol. The van der Waals surface area contributed by atoms with Crippen LogP contribution in [-0.2, 0) is 0 Å². The van der Waals surface area contributed by atoms with Crippen LogP contribution in [0.3, 0.4) is 0 Å². The van der Waals surface area contributed by atoms with E-state index in [0.29, 0.717) is 0 Å². The molecular formula is C13H17Br2NO. The summed E-state index contributed by atoms with van der Waals surface area (Å²) in [6.45, 7) is 2.70. The van der Waals surface area contributed by atoms with Gasteiger partial charge < -0.3 is 5.32 Å². The second kappa shape index (κ2) is 7.88. The Balaban J connectivity index is 2.44. The van der Waals surface area contributed by atoms with Crippen molar-refractivity contribution in [3.8, 4) is 0 Å². The van der Waals surface area contributed by atoms with Gasteiger partial charge in [-0.05, 0) is 37.5 Å². The Morgan fingerprint density at radius 2 is 2.06 bits per heavy atom. The number of halogens is 2. The fraction of sp³-hybridized carbons (Fsp3) is 0.462. The highest BCUT2D eigenvalue weighted by molar-refractivity contribution is 9.10. The molecule has 1 aromatic carbocycles. The number of benzene rings is 1. The summed E-state index contributed by atoms with van der Waals surface area (Å²) in [6.07, 6.45) is 3.33. The topological polar surface area (TPSA) is 29.1 Å². The van der Waals surface area contributed by atoms with Crippen LogP contribution in [0.15, 0.2) is 22.7 Å². The summed E-state index contributed by atoms with van der Waals surface area (Å²) in [5.74, 6) is 0.0163. The number of unbranched alkanes of at least 4 members (excludes halogenated alkanes) is 2. The minimum atomic E-state index is 0.0163. The zero-order chi connectivity index (χ0) is 12.7. The molecule has 1 amide bonds. The first kappa shape index (κ1) is 14.7. The molecule has 1 N–H and O–H groups in total. The first-order valence-corrected chi connectivity index (χ1v) is 7.67. The fourth-order valence-electron chi connectivity index (χ4n) is 1.55. The van der Waals surface area contributed by atoms with Gasteiger partial charge in [0, 0.05) is 21.9 Å². The van der Waals surface area contributed by atoms with Crippen molar-refractivity contribution in [2.45, 2.75) is 26.2 Å².